The van der Waals surface area contributed by atoms with Gasteiger partial charge in [0.05, 0.1) is 0 Å². The zero-order valence-corrected chi connectivity index (χ0v) is 18.7. The number of pyridine rings is 2. The first-order valence-electron chi connectivity index (χ1n) is 10.7. The Labute approximate surface area is 191 Å². The maximum Gasteiger partial charge on any atom is 0.673 e. The molecule has 170 valence electrons. The van der Waals surface area contributed by atoms with Crippen LogP contribution in [0.1, 0.15) is 31.2 Å². The molecule has 0 bridgehead atoms. The Bertz CT molecular complexity index is 1190. The van der Waals surface area contributed by atoms with E-state index in [4.69, 9.17) is 4.98 Å². The van der Waals surface area contributed by atoms with E-state index in [0.29, 0.717) is 5.92 Å². The summed E-state index contributed by atoms with van der Waals surface area (Å²) in [5, 5.41) is 0. The summed E-state index contributed by atoms with van der Waals surface area (Å²) in [6, 6.07) is 32.0. The molecule has 2 nitrogen and oxygen atoms in total. The van der Waals surface area contributed by atoms with Crippen molar-refractivity contribution in [3.05, 3.63) is 102 Å². The van der Waals surface area contributed by atoms with Crippen LogP contribution in [0.25, 0.3) is 28.2 Å². The van der Waals surface area contributed by atoms with Crippen LogP contribution in [0.4, 0.5) is 17.3 Å². The van der Waals surface area contributed by atoms with E-state index in [-0.39, 0.29) is 0 Å². The molecule has 4 aromatic rings. The van der Waals surface area contributed by atoms with Crippen LogP contribution in [0.2, 0.25) is 0 Å². The summed E-state index contributed by atoms with van der Waals surface area (Å²) in [6.45, 7) is 6.52. The summed E-state index contributed by atoms with van der Waals surface area (Å²) in [5.41, 5.74) is 7.07. The van der Waals surface area contributed by atoms with Crippen molar-refractivity contribution in [2.24, 2.45) is 0 Å². The van der Waals surface area contributed by atoms with E-state index < -0.39 is 7.25 Å². The van der Waals surface area contributed by atoms with Crippen LogP contribution in [0.5, 0.6) is 0 Å². The maximum atomic E-state index is 9.75. The molecule has 2 aromatic heterocycles. The summed E-state index contributed by atoms with van der Waals surface area (Å²) >= 11 is 0. The molecule has 0 amide bonds. The maximum absolute atomic E-state index is 9.75. The fraction of sp³-hybridized carbons (Fsp3) is 0.154. The first kappa shape index (κ1) is 24.2. The molecule has 0 aliphatic heterocycles. The Hall–Kier alpha value is -3.48. The van der Waals surface area contributed by atoms with Crippen LogP contribution in [0, 0.1) is 6.92 Å². The lowest BCUT2D eigenvalue weighted by molar-refractivity contribution is -0.598. The topological polar surface area (TPSA) is 16.8 Å². The van der Waals surface area contributed by atoms with Crippen molar-refractivity contribution in [3.8, 4) is 28.2 Å². The standard InChI is InChI=1S/C26H25N2.BF4/c1-19(2)24-17-23(21-12-6-4-7-13-21)18-25(22-14-8-5-9-15-22)28(24)26-16-10-11-20(3)27-26;2-1(3,4)5/h4-19H,1-3H3;/q+1;-1. The minimum absolute atomic E-state index is 0.355. The number of rotatable bonds is 4. The fourth-order valence-corrected chi connectivity index (χ4v) is 3.57. The normalized spacial score (nSPS) is 11.2. The molecule has 0 N–H and O–H groups in total. The van der Waals surface area contributed by atoms with Crippen molar-refractivity contribution < 1.29 is 21.8 Å². The van der Waals surface area contributed by atoms with Gasteiger partial charge in [0.15, 0.2) is 0 Å². The smallest absolute Gasteiger partial charge is 0.418 e. The molecule has 0 radical (unpaired) electrons. The third-order valence-electron chi connectivity index (χ3n) is 4.97. The lowest BCUT2D eigenvalue weighted by Gasteiger charge is -2.16. The van der Waals surface area contributed by atoms with E-state index in [1.54, 1.807) is 0 Å². The first-order chi connectivity index (χ1) is 15.6. The second kappa shape index (κ2) is 10.4. The SMILES string of the molecule is Cc1cccc(-[n+]2c(-c3ccccc3)cc(-c3ccccc3)cc2C(C)C)n1.F[B-](F)(F)F. The number of aryl methyl sites for hydroxylation is 1. The van der Waals surface area contributed by atoms with Crippen molar-refractivity contribution >= 4 is 7.25 Å². The van der Waals surface area contributed by atoms with Crippen molar-refractivity contribution in [1.82, 2.24) is 4.98 Å². The molecule has 2 aromatic carbocycles. The molecule has 7 heteroatoms. The van der Waals surface area contributed by atoms with Crippen LogP contribution in [0.3, 0.4) is 0 Å². The predicted molar refractivity (Wildman–Crippen MR) is 126 cm³/mol. The van der Waals surface area contributed by atoms with Gasteiger partial charge in [0.1, 0.15) is 17.1 Å². The molecular weight excluding hydrogens is 427 g/mol. The Morgan fingerprint density at radius 1 is 0.697 bits per heavy atom. The first-order valence-corrected chi connectivity index (χ1v) is 10.7. The third-order valence-corrected chi connectivity index (χ3v) is 4.97. The quantitative estimate of drug-likeness (QED) is 0.179. The molecule has 0 fully saturated rings. The van der Waals surface area contributed by atoms with Crippen molar-refractivity contribution in [2.45, 2.75) is 26.7 Å². The van der Waals surface area contributed by atoms with Crippen LogP contribution < -0.4 is 4.57 Å². The predicted octanol–water partition coefficient (Wildman–Crippen LogP) is 7.42. The summed E-state index contributed by atoms with van der Waals surface area (Å²) in [5.74, 6) is 1.32. The van der Waals surface area contributed by atoms with Gasteiger partial charge in [0.2, 0.25) is 0 Å². The van der Waals surface area contributed by atoms with Gasteiger partial charge in [-0.3, -0.25) is 0 Å². The minimum Gasteiger partial charge on any atom is -0.418 e. The second-order valence-electron chi connectivity index (χ2n) is 7.91. The van der Waals surface area contributed by atoms with E-state index in [9.17, 15) is 17.3 Å². The third kappa shape index (κ3) is 6.75. The molecular formula is C26H25BF4N2. The lowest BCUT2D eigenvalue weighted by Crippen LogP contribution is -2.40. The molecule has 0 unspecified atom stereocenters. The van der Waals surface area contributed by atoms with Crippen LogP contribution in [-0.4, -0.2) is 12.2 Å². The average molecular weight is 452 g/mol. The highest BCUT2D eigenvalue weighted by Crippen LogP contribution is 2.28. The highest BCUT2D eigenvalue weighted by atomic mass is 19.5. The molecule has 2 heterocycles. The number of hydrogen-bond donors (Lipinski definition) is 0. The molecule has 0 saturated heterocycles. The van der Waals surface area contributed by atoms with Gasteiger partial charge >= 0.3 is 13.1 Å². The molecule has 0 atom stereocenters. The summed E-state index contributed by atoms with van der Waals surface area (Å²) in [4.78, 5) is 4.84. The Kier molecular flexibility index (Phi) is 7.64. The summed E-state index contributed by atoms with van der Waals surface area (Å²) in [6.07, 6.45) is 0. The molecule has 4 rings (SSSR count). The van der Waals surface area contributed by atoms with Gasteiger partial charge in [-0.1, -0.05) is 74.5 Å². The van der Waals surface area contributed by atoms with Gasteiger partial charge in [-0.2, -0.15) is 4.57 Å². The van der Waals surface area contributed by atoms with E-state index in [2.05, 4.69) is 103 Å². The summed E-state index contributed by atoms with van der Waals surface area (Å²) < 4.78 is 41.3. The Morgan fingerprint density at radius 3 is 1.76 bits per heavy atom. The van der Waals surface area contributed by atoms with Gasteiger partial charge < -0.3 is 17.3 Å². The largest absolute Gasteiger partial charge is 0.673 e. The number of benzene rings is 2. The van der Waals surface area contributed by atoms with Crippen molar-refractivity contribution in [2.75, 3.05) is 0 Å². The average Bonchev–Trinajstić information content (AvgIpc) is 2.78. The molecule has 0 spiro atoms. The van der Waals surface area contributed by atoms with Crippen molar-refractivity contribution in [3.63, 3.8) is 0 Å². The van der Waals surface area contributed by atoms with E-state index >= 15 is 0 Å². The van der Waals surface area contributed by atoms with Gasteiger partial charge in [0.25, 0.3) is 0 Å². The van der Waals surface area contributed by atoms with Crippen LogP contribution >= 0.6 is 0 Å². The fourth-order valence-electron chi connectivity index (χ4n) is 3.57. The number of hydrogen-bond acceptors (Lipinski definition) is 1. The zero-order valence-electron chi connectivity index (χ0n) is 18.7. The van der Waals surface area contributed by atoms with Crippen LogP contribution in [-0.2, 0) is 0 Å². The van der Waals surface area contributed by atoms with Gasteiger partial charge in [0, 0.05) is 24.5 Å². The van der Waals surface area contributed by atoms with E-state index in [0.717, 1.165) is 17.2 Å². The highest BCUT2D eigenvalue weighted by Gasteiger charge is 2.23. The van der Waals surface area contributed by atoms with E-state index in [1.807, 2.05) is 13.0 Å². The monoisotopic (exact) mass is 452 g/mol. The molecule has 0 aliphatic rings. The number of nitrogens with zero attached hydrogens (tertiary/aromatic N) is 2. The number of halogens is 4. The number of aromatic nitrogens is 2. The van der Waals surface area contributed by atoms with Crippen LogP contribution in [0.15, 0.2) is 91.0 Å². The second-order valence-corrected chi connectivity index (χ2v) is 7.91. The molecule has 0 saturated carbocycles. The zero-order chi connectivity index (χ0) is 24.0. The summed E-state index contributed by atoms with van der Waals surface area (Å²) in [7, 11) is -6.00. The van der Waals surface area contributed by atoms with Gasteiger partial charge in [-0.15, -0.1) is 0 Å². The Balaban J connectivity index is 0.000000555. The molecule has 0 aliphatic carbocycles. The Morgan fingerprint density at radius 2 is 1.24 bits per heavy atom. The van der Waals surface area contributed by atoms with E-state index in [1.165, 1.54) is 22.4 Å². The van der Waals surface area contributed by atoms with Gasteiger partial charge in [-0.05, 0) is 40.4 Å². The van der Waals surface area contributed by atoms with Gasteiger partial charge in [-0.25, -0.2) is 0 Å². The highest BCUT2D eigenvalue weighted by molar-refractivity contribution is 6.50. The minimum atomic E-state index is -6.00. The lowest BCUT2D eigenvalue weighted by atomic mass is 9.98. The van der Waals surface area contributed by atoms with Crippen molar-refractivity contribution in [1.29, 1.82) is 0 Å². The molecule has 33 heavy (non-hydrogen) atoms.